The minimum Gasteiger partial charge on any atom is -0.348 e. The molecule has 2 aromatic rings. The number of hydrogen-bond donors (Lipinski definition) is 2. The Morgan fingerprint density at radius 2 is 1.90 bits per heavy atom. The number of hydrogen-bond acceptors (Lipinski definition) is 6. The van der Waals surface area contributed by atoms with Gasteiger partial charge in [0.2, 0.25) is 11.9 Å². The first-order valence-electron chi connectivity index (χ1n) is 9.98. The van der Waals surface area contributed by atoms with Gasteiger partial charge in [-0.15, -0.1) is 0 Å². The normalized spacial score (nSPS) is 18.7. The average Bonchev–Trinajstić information content (AvgIpc) is 2.65. The van der Waals surface area contributed by atoms with Crippen molar-refractivity contribution < 1.29 is 9.59 Å². The largest absolute Gasteiger partial charge is 0.348 e. The first kappa shape index (κ1) is 20.4. The fourth-order valence-electron chi connectivity index (χ4n) is 3.97. The summed E-state index contributed by atoms with van der Waals surface area (Å²) in [6, 6.07) is 6.69. The number of fused-ring (bicyclic) bond motifs is 1. The molecule has 1 saturated heterocycles. The van der Waals surface area contributed by atoms with Gasteiger partial charge in [-0.1, -0.05) is 25.4 Å². The summed E-state index contributed by atoms with van der Waals surface area (Å²) in [6.07, 6.45) is 0. The molecule has 4 rings (SSSR count). The van der Waals surface area contributed by atoms with Gasteiger partial charge < -0.3 is 20.4 Å². The highest BCUT2D eigenvalue weighted by molar-refractivity contribution is 6.30. The van der Waals surface area contributed by atoms with E-state index in [1.165, 1.54) is 0 Å². The lowest BCUT2D eigenvalue weighted by molar-refractivity contribution is -0.118. The molecule has 1 aromatic heterocycles. The number of rotatable bonds is 4. The Kier molecular flexibility index (Phi) is 5.27. The van der Waals surface area contributed by atoms with Crippen LogP contribution in [0, 0.1) is 12.8 Å². The van der Waals surface area contributed by atoms with Gasteiger partial charge in [0.05, 0.1) is 11.7 Å². The van der Waals surface area contributed by atoms with Crippen molar-refractivity contribution in [2.45, 2.75) is 32.9 Å². The number of nitrogens with zero attached hydrogens (tertiary/aromatic N) is 4. The molecule has 0 unspecified atom stereocenters. The summed E-state index contributed by atoms with van der Waals surface area (Å²) < 4.78 is 0. The van der Waals surface area contributed by atoms with Crippen molar-refractivity contribution in [2.75, 3.05) is 35.7 Å². The van der Waals surface area contributed by atoms with Crippen molar-refractivity contribution in [3.05, 3.63) is 40.5 Å². The predicted molar refractivity (Wildman–Crippen MR) is 117 cm³/mol. The van der Waals surface area contributed by atoms with E-state index in [9.17, 15) is 9.59 Å². The van der Waals surface area contributed by atoms with Crippen LogP contribution in [-0.4, -0.2) is 58.9 Å². The van der Waals surface area contributed by atoms with Crippen LogP contribution in [0.5, 0.6) is 0 Å². The maximum atomic E-state index is 12.5. The topological polar surface area (TPSA) is 90.5 Å². The van der Waals surface area contributed by atoms with Crippen molar-refractivity contribution in [3.63, 3.8) is 0 Å². The second kappa shape index (κ2) is 7.75. The smallest absolute Gasteiger partial charge is 0.253 e. The van der Waals surface area contributed by atoms with Gasteiger partial charge in [-0.2, -0.15) is 4.98 Å². The molecule has 0 spiro atoms. The molecule has 1 atom stereocenters. The van der Waals surface area contributed by atoms with Crippen molar-refractivity contribution in [3.8, 4) is 0 Å². The zero-order valence-corrected chi connectivity index (χ0v) is 18.2. The number of likely N-dealkylation sites (tertiary alicyclic amines) is 1. The maximum absolute atomic E-state index is 12.5. The highest BCUT2D eigenvalue weighted by Crippen LogP contribution is 2.34. The van der Waals surface area contributed by atoms with E-state index >= 15 is 0 Å². The lowest BCUT2D eigenvalue weighted by Gasteiger charge is -2.40. The first-order chi connectivity index (χ1) is 14.2. The number of likely N-dealkylation sites (N-methyl/N-ethyl adjacent to an activating group) is 1. The molecule has 2 amide bonds. The summed E-state index contributed by atoms with van der Waals surface area (Å²) in [5.74, 6) is 1.29. The Labute approximate surface area is 180 Å². The summed E-state index contributed by atoms with van der Waals surface area (Å²) in [4.78, 5) is 37.8. The van der Waals surface area contributed by atoms with Gasteiger partial charge in [-0.05, 0) is 37.1 Å². The predicted octanol–water partition coefficient (Wildman–Crippen LogP) is 2.79. The average molecular weight is 429 g/mol. The van der Waals surface area contributed by atoms with Crippen molar-refractivity contribution >= 4 is 40.9 Å². The molecule has 30 heavy (non-hydrogen) atoms. The molecule has 3 heterocycles. The third-order valence-electron chi connectivity index (χ3n) is 5.56. The molecule has 0 radical (unpaired) electrons. The zero-order valence-electron chi connectivity index (χ0n) is 17.4. The van der Waals surface area contributed by atoms with E-state index in [2.05, 4.69) is 20.6 Å². The van der Waals surface area contributed by atoms with Crippen LogP contribution in [-0.2, 0) is 4.79 Å². The molecular weight excluding hydrogens is 404 g/mol. The van der Waals surface area contributed by atoms with Crippen LogP contribution in [0.2, 0.25) is 5.02 Å². The number of amides is 2. The summed E-state index contributed by atoms with van der Waals surface area (Å²) in [5.41, 5.74) is 1.98. The molecule has 8 nitrogen and oxygen atoms in total. The SMILES string of the molecule is Cc1nc(NC2CN(C(=O)c3ccc(Cl)cc3)C2)nc2c1NC(=O)[C@H](C(C)C)N2C. The van der Waals surface area contributed by atoms with Crippen molar-refractivity contribution in [2.24, 2.45) is 5.92 Å². The quantitative estimate of drug-likeness (QED) is 0.778. The fraction of sp³-hybridized carbons (Fsp3) is 0.429. The molecule has 9 heteroatoms. The number of aryl methyl sites for hydroxylation is 1. The molecule has 1 aromatic carbocycles. The van der Waals surface area contributed by atoms with Crippen LogP contribution in [0.1, 0.15) is 29.9 Å². The third-order valence-corrected chi connectivity index (χ3v) is 5.82. The van der Waals surface area contributed by atoms with Crippen LogP contribution in [0.25, 0.3) is 0 Å². The second-order valence-corrected chi connectivity index (χ2v) is 8.61. The Morgan fingerprint density at radius 3 is 2.53 bits per heavy atom. The minimum atomic E-state index is -0.282. The van der Waals surface area contributed by atoms with E-state index in [1.807, 2.05) is 32.7 Å². The van der Waals surface area contributed by atoms with Gasteiger partial charge in [-0.3, -0.25) is 9.59 Å². The molecule has 2 aliphatic rings. The zero-order chi connectivity index (χ0) is 21.6. The number of carbonyl (C=O) groups is 2. The Bertz CT molecular complexity index is 988. The fourth-order valence-corrected chi connectivity index (χ4v) is 4.10. The van der Waals surface area contributed by atoms with E-state index in [0.717, 1.165) is 0 Å². The van der Waals surface area contributed by atoms with Crippen LogP contribution >= 0.6 is 11.6 Å². The summed E-state index contributed by atoms with van der Waals surface area (Å²) in [6.45, 7) is 7.02. The van der Waals surface area contributed by atoms with Crippen LogP contribution in [0.4, 0.5) is 17.5 Å². The van der Waals surface area contributed by atoms with E-state index in [-0.39, 0.29) is 29.8 Å². The lowest BCUT2D eigenvalue weighted by atomic mass is 9.99. The van der Waals surface area contributed by atoms with Crippen LogP contribution in [0.3, 0.4) is 0 Å². The maximum Gasteiger partial charge on any atom is 0.253 e. The number of aromatic nitrogens is 2. The highest BCUT2D eigenvalue weighted by atomic mass is 35.5. The number of benzene rings is 1. The standard InChI is InChI=1S/C21H25ClN6O2/c1-11(2)17-19(29)25-16-12(3)23-21(26-18(16)27(17)4)24-15-9-28(10-15)20(30)13-5-7-14(22)8-6-13/h5-8,11,15,17H,9-10H2,1-4H3,(H,25,29)(H,23,24,26)/t17-/m0/s1. The molecule has 2 N–H and O–H groups in total. The third kappa shape index (κ3) is 3.67. The molecule has 1 fully saturated rings. The monoisotopic (exact) mass is 428 g/mol. The van der Waals surface area contributed by atoms with E-state index in [4.69, 9.17) is 11.6 Å². The Hall–Kier alpha value is -2.87. The minimum absolute atomic E-state index is 0.0190. The molecule has 2 aliphatic heterocycles. The van der Waals surface area contributed by atoms with E-state index in [1.54, 1.807) is 29.2 Å². The first-order valence-corrected chi connectivity index (χ1v) is 10.4. The highest BCUT2D eigenvalue weighted by Gasteiger charge is 2.36. The molecule has 0 aliphatic carbocycles. The van der Waals surface area contributed by atoms with Gasteiger partial charge in [0.25, 0.3) is 5.91 Å². The summed E-state index contributed by atoms with van der Waals surface area (Å²) in [7, 11) is 1.88. The van der Waals surface area contributed by atoms with Gasteiger partial charge >= 0.3 is 0 Å². The van der Waals surface area contributed by atoms with Gasteiger partial charge in [-0.25, -0.2) is 4.98 Å². The second-order valence-electron chi connectivity index (χ2n) is 8.18. The molecular formula is C21H25ClN6O2. The lowest BCUT2D eigenvalue weighted by Crippen LogP contribution is -2.57. The molecule has 0 saturated carbocycles. The van der Waals surface area contributed by atoms with E-state index < -0.39 is 0 Å². The number of anilines is 3. The Balaban J connectivity index is 1.44. The molecule has 0 bridgehead atoms. The van der Waals surface area contributed by atoms with Gasteiger partial charge in [0.1, 0.15) is 11.7 Å². The Morgan fingerprint density at radius 1 is 1.23 bits per heavy atom. The van der Waals surface area contributed by atoms with E-state index in [0.29, 0.717) is 46.8 Å². The van der Waals surface area contributed by atoms with Crippen molar-refractivity contribution in [1.82, 2.24) is 14.9 Å². The number of halogens is 1. The summed E-state index contributed by atoms with van der Waals surface area (Å²) in [5, 5.41) is 6.87. The van der Waals surface area contributed by atoms with Crippen molar-refractivity contribution in [1.29, 1.82) is 0 Å². The van der Waals surface area contributed by atoms with Gasteiger partial charge in [0.15, 0.2) is 5.82 Å². The van der Waals surface area contributed by atoms with Crippen LogP contribution < -0.4 is 15.5 Å². The van der Waals surface area contributed by atoms with Gasteiger partial charge in [0, 0.05) is 30.7 Å². The molecule has 158 valence electrons. The van der Waals surface area contributed by atoms with Crippen LogP contribution in [0.15, 0.2) is 24.3 Å². The number of carbonyl (C=O) groups excluding carboxylic acids is 2. The number of nitrogens with one attached hydrogen (secondary N) is 2. The summed E-state index contributed by atoms with van der Waals surface area (Å²) >= 11 is 5.89.